The average molecular weight is 481 g/mol. The predicted molar refractivity (Wildman–Crippen MR) is 122 cm³/mol. The van der Waals surface area contributed by atoms with Crippen molar-refractivity contribution in [2.75, 3.05) is 7.11 Å². The van der Waals surface area contributed by atoms with Crippen LogP contribution >= 0.6 is 11.6 Å². The lowest BCUT2D eigenvalue weighted by molar-refractivity contribution is -0.156. The van der Waals surface area contributed by atoms with Crippen LogP contribution in [0.3, 0.4) is 0 Å². The normalized spacial score (nSPS) is 22.4. The fraction of sp³-hybridized carbons (Fsp3) is 0.667. The van der Waals surface area contributed by atoms with Gasteiger partial charge in [-0.1, -0.05) is 11.6 Å². The third-order valence-electron chi connectivity index (χ3n) is 6.42. The Bertz CT molecular complexity index is 967. The number of hydrogen-bond donors (Lipinski definition) is 1. The lowest BCUT2D eigenvalue weighted by atomic mass is 9.76. The summed E-state index contributed by atoms with van der Waals surface area (Å²) < 4.78 is 11.9. The summed E-state index contributed by atoms with van der Waals surface area (Å²) in [6.07, 6.45) is 4.49. The smallest absolute Gasteiger partial charge is 0.341 e. The Morgan fingerprint density at radius 1 is 1.18 bits per heavy atom. The third-order valence-corrected chi connectivity index (χ3v) is 6.79. The molecule has 2 heterocycles. The summed E-state index contributed by atoms with van der Waals surface area (Å²) in [6.45, 7) is 7.96. The quantitative estimate of drug-likeness (QED) is 0.376. The molecule has 1 fully saturated rings. The van der Waals surface area contributed by atoms with Crippen LogP contribution in [0.25, 0.3) is 0 Å². The van der Waals surface area contributed by atoms with Gasteiger partial charge in [0.05, 0.1) is 17.7 Å². The van der Waals surface area contributed by atoms with Gasteiger partial charge in [-0.25, -0.2) is 4.79 Å². The van der Waals surface area contributed by atoms with Gasteiger partial charge in [-0.2, -0.15) is 0 Å². The predicted octanol–water partition coefficient (Wildman–Crippen LogP) is 3.85. The van der Waals surface area contributed by atoms with Crippen molar-refractivity contribution in [1.29, 1.82) is 0 Å². The van der Waals surface area contributed by atoms with Gasteiger partial charge in [-0.15, -0.1) is 0 Å². The summed E-state index contributed by atoms with van der Waals surface area (Å²) >= 11 is 6.38. The lowest BCUT2D eigenvalue weighted by Gasteiger charge is -2.38. The molecule has 9 heteroatoms. The second kappa shape index (κ2) is 9.49. The molecule has 3 rings (SSSR count). The van der Waals surface area contributed by atoms with E-state index in [2.05, 4.69) is 5.32 Å². The first-order valence-electron chi connectivity index (χ1n) is 11.4. The van der Waals surface area contributed by atoms with E-state index in [9.17, 15) is 19.2 Å². The molecule has 0 saturated heterocycles. The van der Waals surface area contributed by atoms with Crippen LogP contribution in [0.5, 0.6) is 0 Å². The van der Waals surface area contributed by atoms with E-state index in [1.165, 1.54) is 7.11 Å². The number of halogens is 1. The van der Waals surface area contributed by atoms with E-state index in [0.717, 1.165) is 19.3 Å². The number of esters is 2. The third kappa shape index (κ3) is 5.60. The Labute approximate surface area is 199 Å². The second-order valence-electron chi connectivity index (χ2n) is 10.3. The molecule has 1 amide bonds. The van der Waals surface area contributed by atoms with E-state index in [4.69, 9.17) is 21.1 Å². The van der Waals surface area contributed by atoms with Crippen molar-refractivity contribution in [2.45, 2.75) is 90.3 Å². The van der Waals surface area contributed by atoms with Crippen LogP contribution in [-0.2, 0) is 32.0 Å². The zero-order valence-corrected chi connectivity index (χ0v) is 20.8. The summed E-state index contributed by atoms with van der Waals surface area (Å²) in [6, 6.07) is 0. The lowest BCUT2D eigenvalue weighted by Crippen LogP contribution is -2.51. The molecular formula is C24H33ClN2O6. The molecular weight excluding hydrogens is 448 g/mol. The summed E-state index contributed by atoms with van der Waals surface area (Å²) in [7, 11) is 1.26. The van der Waals surface area contributed by atoms with Crippen molar-refractivity contribution in [3.63, 3.8) is 0 Å². The van der Waals surface area contributed by atoms with Crippen molar-refractivity contribution in [3.8, 4) is 0 Å². The fourth-order valence-electron chi connectivity index (χ4n) is 4.78. The molecule has 1 aliphatic heterocycles. The standard InChI is InChI=1S/C24H33ClN2O6/c1-23(2,3)33-16(28)13-14-8-10-24(4,11-9-14)26-21(30)20(29)19-18(25)17(22(31)32-5)15-7-6-12-27(15)19/h14H,6-13H2,1-5H3,(H,26,30). The minimum Gasteiger partial charge on any atom is -0.465 e. The Morgan fingerprint density at radius 2 is 1.82 bits per heavy atom. The number of hydrogen-bond acceptors (Lipinski definition) is 6. The van der Waals surface area contributed by atoms with E-state index in [0.29, 0.717) is 37.9 Å². The number of amides is 1. The van der Waals surface area contributed by atoms with Gasteiger partial charge in [-0.3, -0.25) is 14.4 Å². The molecule has 2 aliphatic rings. The summed E-state index contributed by atoms with van der Waals surface area (Å²) in [5.41, 5.74) is -0.222. The summed E-state index contributed by atoms with van der Waals surface area (Å²) in [4.78, 5) is 50.3. The first-order chi connectivity index (χ1) is 15.3. The first kappa shape index (κ1) is 25.3. The van der Waals surface area contributed by atoms with Gasteiger partial charge in [-0.05, 0) is 72.1 Å². The molecule has 33 heavy (non-hydrogen) atoms. The highest BCUT2D eigenvalue weighted by atomic mass is 35.5. The van der Waals surface area contributed by atoms with E-state index in [1.807, 2.05) is 27.7 Å². The van der Waals surface area contributed by atoms with E-state index >= 15 is 0 Å². The minimum absolute atomic E-state index is 0.0251. The summed E-state index contributed by atoms with van der Waals surface area (Å²) in [5, 5.41) is 2.86. The zero-order chi connectivity index (χ0) is 24.6. The van der Waals surface area contributed by atoms with Crippen LogP contribution in [0.4, 0.5) is 0 Å². The highest BCUT2D eigenvalue weighted by Gasteiger charge is 2.38. The maximum absolute atomic E-state index is 13.1. The number of carbonyl (C=O) groups excluding carboxylic acids is 4. The monoisotopic (exact) mass is 480 g/mol. The van der Waals surface area contributed by atoms with Gasteiger partial charge < -0.3 is 19.4 Å². The average Bonchev–Trinajstić information content (AvgIpc) is 3.27. The SMILES string of the molecule is COC(=O)c1c(Cl)c(C(=O)C(=O)NC2(C)CCC(CC(=O)OC(C)(C)C)CC2)n2c1CCC2. The number of fused-ring (bicyclic) bond motifs is 1. The largest absolute Gasteiger partial charge is 0.465 e. The molecule has 182 valence electrons. The molecule has 1 N–H and O–H groups in total. The highest BCUT2D eigenvalue weighted by Crippen LogP contribution is 2.36. The number of nitrogens with zero attached hydrogens (tertiary/aromatic N) is 1. The highest BCUT2D eigenvalue weighted by molar-refractivity contribution is 6.47. The number of carbonyl (C=O) groups is 4. The van der Waals surface area contributed by atoms with Gasteiger partial charge in [0.25, 0.3) is 11.7 Å². The Balaban J connectivity index is 1.65. The molecule has 0 bridgehead atoms. The first-order valence-corrected chi connectivity index (χ1v) is 11.8. The van der Waals surface area contributed by atoms with Crippen LogP contribution < -0.4 is 5.32 Å². The molecule has 8 nitrogen and oxygen atoms in total. The van der Waals surface area contributed by atoms with Gasteiger partial charge >= 0.3 is 11.9 Å². The van der Waals surface area contributed by atoms with Crippen LogP contribution in [0.15, 0.2) is 0 Å². The zero-order valence-electron chi connectivity index (χ0n) is 20.0. The number of ketones is 1. The van der Waals surface area contributed by atoms with Crippen molar-refractivity contribution in [3.05, 3.63) is 22.0 Å². The van der Waals surface area contributed by atoms with E-state index < -0.39 is 28.8 Å². The Kier molecular flexibility index (Phi) is 7.27. The summed E-state index contributed by atoms with van der Waals surface area (Å²) in [5.74, 6) is -2.13. The number of ether oxygens (including phenoxy) is 2. The number of aromatic nitrogens is 1. The maximum Gasteiger partial charge on any atom is 0.341 e. The molecule has 1 aliphatic carbocycles. The van der Waals surface area contributed by atoms with Crippen LogP contribution in [-0.4, -0.2) is 46.4 Å². The Morgan fingerprint density at radius 3 is 2.39 bits per heavy atom. The van der Waals surface area contributed by atoms with Crippen molar-refractivity contribution in [1.82, 2.24) is 9.88 Å². The molecule has 0 radical (unpaired) electrons. The number of methoxy groups -OCH3 is 1. The van der Waals surface area contributed by atoms with Gasteiger partial charge in [0, 0.05) is 24.2 Å². The van der Waals surface area contributed by atoms with Crippen molar-refractivity contribution >= 4 is 35.2 Å². The number of Topliss-reactive ketones (excluding diaryl/α,β-unsaturated/α-hetero) is 1. The van der Waals surface area contributed by atoms with Gasteiger partial charge in [0.2, 0.25) is 0 Å². The molecule has 0 atom stereocenters. The molecule has 0 aromatic carbocycles. The van der Waals surface area contributed by atoms with E-state index in [1.54, 1.807) is 4.57 Å². The Hall–Kier alpha value is -2.35. The van der Waals surface area contributed by atoms with Crippen LogP contribution in [0.2, 0.25) is 5.02 Å². The fourth-order valence-corrected chi connectivity index (χ4v) is 5.15. The maximum atomic E-state index is 13.1. The number of nitrogens with one attached hydrogen (secondary N) is 1. The molecule has 1 aromatic rings. The van der Waals surface area contributed by atoms with Crippen LogP contribution in [0.1, 0.15) is 92.8 Å². The van der Waals surface area contributed by atoms with Gasteiger partial charge in [0.1, 0.15) is 11.3 Å². The second-order valence-corrected chi connectivity index (χ2v) is 10.7. The van der Waals surface area contributed by atoms with E-state index in [-0.39, 0.29) is 28.2 Å². The van der Waals surface area contributed by atoms with Crippen molar-refractivity contribution in [2.24, 2.45) is 5.92 Å². The molecule has 0 unspecified atom stereocenters. The minimum atomic E-state index is -0.754. The number of rotatable bonds is 6. The molecule has 1 aromatic heterocycles. The van der Waals surface area contributed by atoms with Crippen LogP contribution in [0, 0.1) is 5.92 Å². The topological polar surface area (TPSA) is 104 Å². The van der Waals surface area contributed by atoms with Crippen molar-refractivity contribution < 1.29 is 28.7 Å². The molecule has 1 saturated carbocycles. The molecule has 0 spiro atoms. The van der Waals surface area contributed by atoms with Gasteiger partial charge in [0.15, 0.2) is 0 Å².